The quantitative estimate of drug-likeness (QED) is 0.685. The molecule has 0 bridgehead atoms. The molecule has 0 radical (unpaired) electrons. The number of benzene rings is 1. The maximum absolute atomic E-state index is 5.70. The van der Waals surface area contributed by atoms with Gasteiger partial charge in [0, 0.05) is 19.6 Å². The molecule has 0 aliphatic carbocycles. The molecular weight excluding hydrogens is 202 g/mol. The minimum absolute atomic E-state index is 0.652. The molecule has 0 saturated heterocycles. The molecule has 90 valence electrons. The maximum Gasteiger partial charge on any atom is 0.122 e. The summed E-state index contributed by atoms with van der Waals surface area (Å²) in [7, 11) is 0. The van der Waals surface area contributed by atoms with Crippen LogP contribution < -0.4 is 10.5 Å². The molecule has 1 aromatic rings. The van der Waals surface area contributed by atoms with Crippen molar-refractivity contribution in [1.82, 2.24) is 0 Å². The summed E-state index contributed by atoms with van der Waals surface area (Å²) in [4.78, 5) is 0. The molecule has 0 spiro atoms. The van der Waals surface area contributed by atoms with Crippen molar-refractivity contribution in [2.45, 2.75) is 19.8 Å². The molecule has 0 aliphatic heterocycles. The molecule has 0 atom stereocenters. The Morgan fingerprint density at radius 2 is 2.00 bits per heavy atom. The zero-order chi connectivity index (χ0) is 11.6. The average molecular weight is 223 g/mol. The van der Waals surface area contributed by atoms with Crippen molar-refractivity contribution >= 4 is 0 Å². The van der Waals surface area contributed by atoms with Gasteiger partial charge in [-0.05, 0) is 31.5 Å². The van der Waals surface area contributed by atoms with E-state index in [1.54, 1.807) is 0 Å². The lowest BCUT2D eigenvalue weighted by atomic mass is 10.1. The lowest BCUT2D eigenvalue weighted by Crippen LogP contribution is -2.07. The standard InChI is InChI=1S/C13H21NO2/c1-2-15-10-5-11-16-13-7-4-3-6-12(13)8-9-14/h3-4,6-7H,2,5,8-11,14H2,1H3. The Morgan fingerprint density at radius 3 is 2.75 bits per heavy atom. The first-order chi connectivity index (χ1) is 7.88. The van der Waals surface area contributed by atoms with Crippen LogP contribution in [-0.2, 0) is 11.2 Å². The zero-order valence-electron chi connectivity index (χ0n) is 9.95. The predicted molar refractivity (Wildman–Crippen MR) is 65.8 cm³/mol. The third kappa shape index (κ3) is 4.64. The molecule has 0 fully saturated rings. The highest BCUT2D eigenvalue weighted by atomic mass is 16.5. The Bertz CT molecular complexity index is 289. The molecule has 0 unspecified atom stereocenters. The molecule has 0 amide bonds. The topological polar surface area (TPSA) is 44.5 Å². The second-order valence-electron chi connectivity index (χ2n) is 3.55. The Balaban J connectivity index is 2.34. The second kappa shape index (κ2) is 8.13. The molecular formula is C13H21NO2. The van der Waals surface area contributed by atoms with Gasteiger partial charge in [-0.1, -0.05) is 18.2 Å². The average Bonchev–Trinajstić information content (AvgIpc) is 2.31. The SMILES string of the molecule is CCOCCCOc1ccccc1CCN. The van der Waals surface area contributed by atoms with Crippen LogP contribution in [0.25, 0.3) is 0 Å². The number of ether oxygens (including phenoxy) is 2. The second-order valence-corrected chi connectivity index (χ2v) is 3.55. The first kappa shape index (κ1) is 13.0. The van der Waals surface area contributed by atoms with Crippen LogP contribution in [0.1, 0.15) is 18.9 Å². The van der Waals surface area contributed by atoms with Crippen molar-refractivity contribution in [3.05, 3.63) is 29.8 Å². The van der Waals surface area contributed by atoms with Crippen molar-refractivity contribution in [1.29, 1.82) is 0 Å². The summed E-state index contributed by atoms with van der Waals surface area (Å²) < 4.78 is 10.9. The monoisotopic (exact) mass is 223 g/mol. The van der Waals surface area contributed by atoms with E-state index in [9.17, 15) is 0 Å². The molecule has 3 nitrogen and oxygen atoms in total. The van der Waals surface area contributed by atoms with E-state index in [0.29, 0.717) is 13.2 Å². The summed E-state index contributed by atoms with van der Waals surface area (Å²) in [6, 6.07) is 8.05. The van der Waals surface area contributed by atoms with Crippen LogP contribution >= 0.6 is 0 Å². The first-order valence-corrected chi connectivity index (χ1v) is 5.87. The molecule has 0 aliphatic rings. The van der Waals surface area contributed by atoms with Crippen LogP contribution in [0.4, 0.5) is 0 Å². The smallest absolute Gasteiger partial charge is 0.122 e. The van der Waals surface area contributed by atoms with Crippen LogP contribution in [0.2, 0.25) is 0 Å². The lowest BCUT2D eigenvalue weighted by Gasteiger charge is -2.10. The fraction of sp³-hybridized carbons (Fsp3) is 0.538. The van der Waals surface area contributed by atoms with E-state index in [1.807, 2.05) is 25.1 Å². The van der Waals surface area contributed by atoms with Crippen LogP contribution in [0, 0.1) is 0 Å². The molecule has 1 rings (SSSR count). The third-order valence-corrected chi connectivity index (χ3v) is 2.28. The van der Waals surface area contributed by atoms with E-state index in [1.165, 1.54) is 5.56 Å². The molecule has 16 heavy (non-hydrogen) atoms. The van der Waals surface area contributed by atoms with Gasteiger partial charge in [0.2, 0.25) is 0 Å². The molecule has 1 aromatic carbocycles. The van der Waals surface area contributed by atoms with E-state index >= 15 is 0 Å². The molecule has 0 saturated carbocycles. The lowest BCUT2D eigenvalue weighted by molar-refractivity contribution is 0.130. The van der Waals surface area contributed by atoms with Crippen molar-refractivity contribution in [2.24, 2.45) is 5.73 Å². The van der Waals surface area contributed by atoms with Crippen molar-refractivity contribution in [2.75, 3.05) is 26.4 Å². The van der Waals surface area contributed by atoms with E-state index in [2.05, 4.69) is 6.07 Å². The van der Waals surface area contributed by atoms with Gasteiger partial charge in [-0.3, -0.25) is 0 Å². The maximum atomic E-state index is 5.70. The van der Waals surface area contributed by atoms with Crippen LogP contribution in [0.5, 0.6) is 5.75 Å². The van der Waals surface area contributed by atoms with Gasteiger partial charge < -0.3 is 15.2 Å². The van der Waals surface area contributed by atoms with Gasteiger partial charge in [-0.15, -0.1) is 0 Å². The third-order valence-electron chi connectivity index (χ3n) is 2.28. The van der Waals surface area contributed by atoms with E-state index in [4.69, 9.17) is 15.2 Å². The van der Waals surface area contributed by atoms with Crippen LogP contribution in [0.3, 0.4) is 0 Å². The fourth-order valence-electron chi connectivity index (χ4n) is 1.49. The van der Waals surface area contributed by atoms with E-state index in [-0.39, 0.29) is 0 Å². The molecule has 2 N–H and O–H groups in total. The normalized spacial score (nSPS) is 10.4. The van der Waals surface area contributed by atoms with Gasteiger partial charge in [-0.25, -0.2) is 0 Å². The van der Waals surface area contributed by atoms with Gasteiger partial charge in [0.15, 0.2) is 0 Å². The highest BCUT2D eigenvalue weighted by Crippen LogP contribution is 2.18. The Kier molecular flexibility index (Phi) is 6.61. The van der Waals surface area contributed by atoms with Gasteiger partial charge in [0.05, 0.1) is 6.61 Å². The number of rotatable bonds is 8. The van der Waals surface area contributed by atoms with Gasteiger partial charge >= 0.3 is 0 Å². The van der Waals surface area contributed by atoms with Crippen molar-refractivity contribution < 1.29 is 9.47 Å². The van der Waals surface area contributed by atoms with Crippen LogP contribution in [-0.4, -0.2) is 26.4 Å². The van der Waals surface area contributed by atoms with Gasteiger partial charge in [0.1, 0.15) is 5.75 Å². The summed E-state index contributed by atoms with van der Waals surface area (Å²) in [6.45, 7) is 4.87. The van der Waals surface area contributed by atoms with Crippen molar-refractivity contribution in [3.63, 3.8) is 0 Å². The fourth-order valence-corrected chi connectivity index (χ4v) is 1.49. The predicted octanol–water partition coefficient (Wildman–Crippen LogP) is 1.99. The Hall–Kier alpha value is -1.06. The van der Waals surface area contributed by atoms with Crippen LogP contribution in [0.15, 0.2) is 24.3 Å². The Morgan fingerprint density at radius 1 is 1.19 bits per heavy atom. The number of para-hydroxylation sites is 1. The highest BCUT2D eigenvalue weighted by Gasteiger charge is 2.01. The number of hydrogen-bond donors (Lipinski definition) is 1. The highest BCUT2D eigenvalue weighted by molar-refractivity contribution is 5.33. The first-order valence-electron chi connectivity index (χ1n) is 5.87. The van der Waals surface area contributed by atoms with Gasteiger partial charge in [0.25, 0.3) is 0 Å². The summed E-state index contributed by atoms with van der Waals surface area (Å²) in [6.07, 6.45) is 1.78. The van der Waals surface area contributed by atoms with E-state index < -0.39 is 0 Å². The summed E-state index contributed by atoms with van der Waals surface area (Å²) >= 11 is 0. The zero-order valence-corrected chi connectivity index (χ0v) is 9.95. The summed E-state index contributed by atoms with van der Waals surface area (Å²) in [5.74, 6) is 0.949. The van der Waals surface area contributed by atoms with Gasteiger partial charge in [-0.2, -0.15) is 0 Å². The summed E-state index contributed by atoms with van der Waals surface area (Å²) in [5, 5.41) is 0. The number of hydrogen-bond acceptors (Lipinski definition) is 3. The Labute approximate surface area is 97.6 Å². The van der Waals surface area contributed by atoms with E-state index in [0.717, 1.165) is 31.8 Å². The molecule has 0 aromatic heterocycles. The molecule has 0 heterocycles. The minimum atomic E-state index is 0.652. The summed E-state index contributed by atoms with van der Waals surface area (Å²) in [5.41, 5.74) is 6.73. The molecule has 3 heteroatoms. The minimum Gasteiger partial charge on any atom is -0.493 e. The largest absolute Gasteiger partial charge is 0.493 e. The number of nitrogens with two attached hydrogens (primary N) is 1. The van der Waals surface area contributed by atoms with Crippen molar-refractivity contribution in [3.8, 4) is 5.75 Å².